The summed E-state index contributed by atoms with van der Waals surface area (Å²) < 4.78 is 5.81. The number of rotatable bonds is 7. The first-order valence-electron chi connectivity index (χ1n) is 9.98. The third-order valence-corrected chi connectivity index (χ3v) is 4.62. The number of nitrogens with zero attached hydrogens (tertiary/aromatic N) is 1. The van der Waals surface area contributed by atoms with Gasteiger partial charge in [0.1, 0.15) is 12.4 Å². The number of carbonyl (C=O) groups is 2. The first-order valence-corrected chi connectivity index (χ1v) is 9.98. The lowest BCUT2D eigenvalue weighted by atomic mass is 10.1. The van der Waals surface area contributed by atoms with E-state index in [1.54, 1.807) is 6.07 Å². The summed E-state index contributed by atoms with van der Waals surface area (Å²) in [5.41, 5.74) is 6.17. The summed E-state index contributed by atoms with van der Waals surface area (Å²) in [7, 11) is 0. The number of hydrogen-bond acceptors (Lipinski definition) is 4. The van der Waals surface area contributed by atoms with Crippen molar-refractivity contribution in [2.45, 2.75) is 26.5 Å². The molecule has 0 fully saturated rings. The molecule has 0 aromatic heterocycles. The molecular weight excluding hydrogens is 390 g/mol. The number of carbonyl (C=O) groups excluding carboxylic acids is 2. The van der Waals surface area contributed by atoms with Crippen LogP contribution in [-0.2, 0) is 16.2 Å². The van der Waals surface area contributed by atoms with Crippen LogP contribution in [0.3, 0.4) is 0 Å². The Labute approximate surface area is 182 Å². The normalized spacial score (nSPS) is 11.7. The van der Waals surface area contributed by atoms with E-state index in [1.165, 1.54) is 11.8 Å². The number of hydrazone groups is 1. The van der Waals surface area contributed by atoms with Crippen LogP contribution in [-0.4, -0.2) is 18.0 Å². The van der Waals surface area contributed by atoms with Crippen LogP contribution in [0.1, 0.15) is 35.2 Å². The Bertz CT molecular complexity index is 1050. The van der Waals surface area contributed by atoms with Crippen molar-refractivity contribution in [1.82, 2.24) is 10.7 Å². The number of hydrogen-bond donors (Lipinski definition) is 2. The van der Waals surface area contributed by atoms with Gasteiger partial charge in [0.05, 0.1) is 12.3 Å². The molecule has 3 aromatic rings. The van der Waals surface area contributed by atoms with Crippen LogP contribution in [0.2, 0.25) is 0 Å². The predicted octanol–water partition coefficient (Wildman–Crippen LogP) is 3.90. The van der Waals surface area contributed by atoms with Gasteiger partial charge in [-0.1, -0.05) is 72.3 Å². The fourth-order valence-electron chi connectivity index (χ4n) is 2.84. The molecule has 0 unspecified atom stereocenters. The lowest BCUT2D eigenvalue weighted by Crippen LogP contribution is -2.39. The average Bonchev–Trinajstić information content (AvgIpc) is 2.79. The molecule has 3 aromatic carbocycles. The van der Waals surface area contributed by atoms with E-state index in [4.69, 9.17) is 4.74 Å². The van der Waals surface area contributed by atoms with E-state index in [0.717, 1.165) is 16.7 Å². The van der Waals surface area contributed by atoms with Crippen molar-refractivity contribution < 1.29 is 14.3 Å². The molecule has 6 heteroatoms. The number of benzene rings is 3. The Morgan fingerprint density at radius 3 is 2.45 bits per heavy atom. The van der Waals surface area contributed by atoms with E-state index in [2.05, 4.69) is 15.8 Å². The molecule has 31 heavy (non-hydrogen) atoms. The summed E-state index contributed by atoms with van der Waals surface area (Å²) in [5.74, 6) is -0.889. The molecule has 0 heterocycles. The number of aryl methyl sites for hydroxylation is 1. The van der Waals surface area contributed by atoms with E-state index in [9.17, 15) is 9.59 Å². The summed E-state index contributed by atoms with van der Waals surface area (Å²) in [6.07, 6.45) is 1.46. The monoisotopic (exact) mass is 415 g/mol. The zero-order valence-corrected chi connectivity index (χ0v) is 17.5. The molecular formula is C25H25N3O3. The Kier molecular flexibility index (Phi) is 7.54. The molecule has 0 aliphatic carbocycles. The van der Waals surface area contributed by atoms with Gasteiger partial charge in [0.15, 0.2) is 0 Å². The molecule has 0 saturated heterocycles. The van der Waals surface area contributed by atoms with E-state index in [0.29, 0.717) is 12.4 Å². The molecule has 0 bridgehead atoms. The molecule has 0 radical (unpaired) electrons. The highest BCUT2D eigenvalue weighted by atomic mass is 16.5. The zero-order valence-electron chi connectivity index (χ0n) is 17.5. The largest absolute Gasteiger partial charge is 0.489 e. The highest BCUT2D eigenvalue weighted by Crippen LogP contribution is 2.15. The van der Waals surface area contributed by atoms with Gasteiger partial charge < -0.3 is 10.1 Å². The minimum atomic E-state index is -0.828. The van der Waals surface area contributed by atoms with Crippen LogP contribution in [0, 0.1) is 6.92 Å². The van der Waals surface area contributed by atoms with Gasteiger partial charge in [0, 0.05) is 0 Å². The summed E-state index contributed by atoms with van der Waals surface area (Å²) in [6.45, 7) is 4.31. The molecule has 2 amide bonds. The summed E-state index contributed by atoms with van der Waals surface area (Å²) in [5, 5.41) is 6.52. The van der Waals surface area contributed by atoms with Gasteiger partial charge in [0.2, 0.25) is 0 Å². The van der Waals surface area contributed by atoms with Gasteiger partial charge in [-0.15, -0.1) is 0 Å². The zero-order chi connectivity index (χ0) is 22.1. The van der Waals surface area contributed by atoms with Gasteiger partial charge in [-0.2, -0.15) is 5.10 Å². The van der Waals surface area contributed by atoms with Crippen molar-refractivity contribution in [2.75, 3.05) is 0 Å². The van der Waals surface area contributed by atoms with Crippen molar-refractivity contribution >= 4 is 18.0 Å². The van der Waals surface area contributed by atoms with E-state index < -0.39 is 11.8 Å². The summed E-state index contributed by atoms with van der Waals surface area (Å²) in [4.78, 5) is 24.0. The fraction of sp³-hybridized carbons (Fsp3) is 0.160. The second kappa shape index (κ2) is 10.7. The predicted molar refractivity (Wildman–Crippen MR) is 121 cm³/mol. The van der Waals surface area contributed by atoms with Crippen molar-refractivity contribution in [2.24, 2.45) is 5.10 Å². The molecule has 0 spiro atoms. The fourth-order valence-corrected chi connectivity index (χ4v) is 2.84. The van der Waals surface area contributed by atoms with Gasteiger partial charge in [-0.25, -0.2) is 5.43 Å². The SMILES string of the molecule is Cc1ccc(COc2cccc(/C=N\NC(=O)C(=O)N[C@H](C)c3ccccc3)c2)cc1. The maximum atomic E-state index is 12.0. The van der Waals surface area contributed by atoms with E-state index >= 15 is 0 Å². The maximum absolute atomic E-state index is 12.0. The second-order valence-electron chi connectivity index (χ2n) is 7.15. The first kappa shape index (κ1) is 21.8. The molecule has 6 nitrogen and oxygen atoms in total. The highest BCUT2D eigenvalue weighted by molar-refractivity contribution is 6.35. The Morgan fingerprint density at radius 2 is 1.71 bits per heavy atom. The van der Waals surface area contributed by atoms with Crippen LogP contribution in [0.15, 0.2) is 84.0 Å². The van der Waals surface area contributed by atoms with Crippen molar-refractivity contribution in [3.05, 3.63) is 101 Å². The van der Waals surface area contributed by atoms with Crippen LogP contribution in [0.4, 0.5) is 0 Å². The van der Waals surface area contributed by atoms with Gasteiger partial charge in [-0.3, -0.25) is 9.59 Å². The smallest absolute Gasteiger partial charge is 0.329 e. The Morgan fingerprint density at radius 1 is 0.968 bits per heavy atom. The molecule has 0 aliphatic rings. The van der Waals surface area contributed by atoms with Crippen molar-refractivity contribution in [1.29, 1.82) is 0 Å². The quantitative estimate of drug-likeness (QED) is 0.349. The second-order valence-corrected chi connectivity index (χ2v) is 7.15. The Hall–Kier alpha value is -3.93. The van der Waals surface area contributed by atoms with E-state index in [1.807, 2.05) is 86.6 Å². The minimum Gasteiger partial charge on any atom is -0.489 e. The standard InChI is InChI=1S/C25H25N3O3/c1-18-11-13-20(14-12-18)17-31-23-10-6-7-21(15-23)16-26-28-25(30)24(29)27-19(2)22-8-4-3-5-9-22/h3-16,19H,17H2,1-2H3,(H,27,29)(H,28,30)/b26-16-/t19-/m1/s1. The number of ether oxygens (including phenoxy) is 1. The summed E-state index contributed by atoms with van der Waals surface area (Å²) in [6, 6.07) is 24.6. The Balaban J connectivity index is 1.49. The van der Waals surface area contributed by atoms with Crippen LogP contribution >= 0.6 is 0 Å². The molecule has 0 saturated carbocycles. The van der Waals surface area contributed by atoms with Crippen LogP contribution < -0.4 is 15.5 Å². The minimum absolute atomic E-state index is 0.286. The molecule has 3 rings (SSSR count). The lowest BCUT2D eigenvalue weighted by Gasteiger charge is -2.13. The molecule has 1 atom stereocenters. The lowest BCUT2D eigenvalue weighted by molar-refractivity contribution is -0.139. The van der Waals surface area contributed by atoms with Crippen LogP contribution in [0.25, 0.3) is 0 Å². The van der Waals surface area contributed by atoms with Crippen molar-refractivity contribution in [3.8, 4) is 5.75 Å². The maximum Gasteiger partial charge on any atom is 0.329 e. The summed E-state index contributed by atoms with van der Waals surface area (Å²) >= 11 is 0. The van der Waals surface area contributed by atoms with Gasteiger partial charge in [-0.05, 0) is 42.7 Å². The van der Waals surface area contributed by atoms with Gasteiger partial charge >= 0.3 is 11.8 Å². The first-order chi connectivity index (χ1) is 15.0. The third-order valence-electron chi connectivity index (χ3n) is 4.62. The average molecular weight is 415 g/mol. The van der Waals surface area contributed by atoms with Crippen LogP contribution in [0.5, 0.6) is 5.75 Å². The third kappa shape index (κ3) is 6.82. The molecule has 2 N–H and O–H groups in total. The number of nitrogens with one attached hydrogen (secondary N) is 2. The van der Waals surface area contributed by atoms with Crippen molar-refractivity contribution in [3.63, 3.8) is 0 Å². The highest BCUT2D eigenvalue weighted by Gasteiger charge is 2.16. The molecule has 158 valence electrons. The van der Waals surface area contributed by atoms with Gasteiger partial charge in [0.25, 0.3) is 0 Å². The van der Waals surface area contributed by atoms with E-state index in [-0.39, 0.29) is 6.04 Å². The topological polar surface area (TPSA) is 79.8 Å². The number of amides is 2. The molecule has 0 aliphatic heterocycles.